The smallest absolute Gasteiger partial charge is 0.146 e. The highest BCUT2D eigenvalue weighted by Gasteiger charge is 2.21. The number of hydrogen-bond donors (Lipinski definition) is 0. The van der Waals surface area contributed by atoms with Crippen molar-refractivity contribution in [2.24, 2.45) is 0 Å². The zero-order valence-electron chi connectivity index (χ0n) is 26.5. The lowest BCUT2D eigenvalue weighted by molar-refractivity contribution is 1.27. The van der Waals surface area contributed by atoms with Crippen LogP contribution in [0.5, 0.6) is 0 Å². The van der Waals surface area contributed by atoms with Crippen LogP contribution in [0.4, 0.5) is 0 Å². The summed E-state index contributed by atoms with van der Waals surface area (Å²) < 4.78 is 2.35. The molecule has 0 aliphatic heterocycles. The predicted octanol–water partition coefficient (Wildman–Crippen LogP) is 11.4. The van der Waals surface area contributed by atoms with Gasteiger partial charge < -0.3 is 0 Å². The van der Waals surface area contributed by atoms with Crippen LogP contribution in [-0.2, 0) is 0 Å². The van der Waals surface area contributed by atoms with E-state index in [2.05, 4.69) is 167 Å². The number of hydrogen-bond acceptors (Lipinski definition) is 3. The molecule has 0 bridgehead atoms. The molecular weight excluding hydrogens is 597 g/mol. The predicted molar refractivity (Wildman–Crippen MR) is 203 cm³/mol. The van der Waals surface area contributed by atoms with Crippen molar-refractivity contribution in [3.8, 4) is 44.9 Å². The summed E-state index contributed by atoms with van der Waals surface area (Å²) in [6.45, 7) is 0. The fraction of sp³-hybridized carbons (Fsp3) is 0. The number of benzene rings is 6. The molecule has 0 unspecified atom stereocenters. The van der Waals surface area contributed by atoms with E-state index in [-0.39, 0.29) is 0 Å². The normalized spacial score (nSPS) is 11.7. The van der Waals surface area contributed by atoms with Gasteiger partial charge in [-0.05, 0) is 46.8 Å². The lowest BCUT2D eigenvalue weighted by Crippen LogP contribution is -1.94. The van der Waals surface area contributed by atoms with Crippen LogP contribution in [0, 0.1) is 0 Å². The third-order valence-corrected chi connectivity index (χ3v) is 9.59. The molecule has 4 aromatic heterocycles. The van der Waals surface area contributed by atoms with Gasteiger partial charge in [-0.3, -0.25) is 9.38 Å². The average molecular weight is 625 g/mol. The van der Waals surface area contributed by atoms with Crippen molar-refractivity contribution in [3.63, 3.8) is 0 Å². The fourth-order valence-corrected chi connectivity index (χ4v) is 7.28. The van der Waals surface area contributed by atoms with Gasteiger partial charge in [-0.25, -0.2) is 9.97 Å². The minimum atomic E-state index is 0.920. The summed E-state index contributed by atoms with van der Waals surface area (Å²) in [4.78, 5) is 15.2. The molecule has 0 aliphatic rings. The Morgan fingerprint density at radius 3 is 1.96 bits per heavy atom. The minimum Gasteiger partial charge on any atom is -0.291 e. The summed E-state index contributed by atoms with van der Waals surface area (Å²) >= 11 is 0. The SMILES string of the molecule is c1ccc(-c2nc3c4cc(-c5cccc(-c6ccc7ccc8cccnc8c7n6)c5)ccc4c4ccccc4n3c2-c2ccccc2)cc1. The Hall–Kier alpha value is -6.65. The van der Waals surface area contributed by atoms with E-state index in [0.717, 1.165) is 83.3 Å². The van der Waals surface area contributed by atoms with E-state index in [9.17, 15) is 0 Å². The van der Waals surface area contributed by atoms with Crippen LogP contribution >= 0.6 is 0 Å². The van der Waals surface area contributed by atoms with Gasteiger partial charge in [-0.15, -0.1) is 0 Å². The molecule has 0 spiro atoms. The third kappa shape index (κ3) is 4.42. The number of pyridine rings is 3. The first-order chi connectivity index (χ1) is 24.3. The quantitative estimate of drug-likeness (QED) is 0.183. The Morgan fingerprint density at radius 1 is 0.408 bits per heavy atom. The molecule has 10 rings (SSSR count). The summed E-state index contributed by atoms with van der Waals surface area (Å²) in [6.07, 6.45) is 1.84. The summed E-state index contributed by atoms with van der Waals surface area (Å²) in [5, 5.41) is 5.67. The molecule has 4 heterocycles. The van der Waals surface area contributed by atoms with Crippen LogP contribution in [0.25, 0.3) is 94.0 Å². The molecule has 0 saturated carbocycles. The van der Waals surface area contributed by atoms with Crippen molar-refractivity contribution in [1.82, 2.24) is 19.4 Å². The van der Waals surface area contributed by atoms with Crippen LogP contribution in [0.3, 0.4) is 0 Å². The van der Waals surface area contributed by atoms with Gasteiger partial charge in [-0.1, -0.05) is 133 Å². The first-order valence-electron chi connectivity index (χ1n) is 16.5. The van der Waals surface area contributed by atoms with E-state index >= 15 is 0 Å². The summed E-state index contributed by atoms with van der Waals surface area (Å²) in [5.74, 6) is 0. The molecule has 228 valence electrons. The van der Waals surface area contributed by atoms with Crippen LogP contribution in [0.1, 0.15) is 0 Å². The second kappa shape index (κ2) is 11.0. The van der Waals surface area contributed by atoms with Gasteiger partial charge in [0.1, 0.15) is 5.65 Å². The van der Waals surface area contributed by atoms with Crippen LogP contribution in [0.15, 0.2) is 170 Å². The Kier molecular flexibility index (Phi) is 6.15. The van der Waals surface area contributed by atoms with E-state index in [0.29, 0.717) is 0 Å². The van der Waals surface area contributed by atoms with E-state index in [1.165, 1.54) is 10.8 Å². The lowest BCUT2D eigenvalue weighted by Gasteiger charge is -2.13. The molecule has 4 heteroatoms. The van der Waals surface area contributed by atoms with Gasteiger partial charge in [0.05, 0.1) is 33.6 Å². The van der Waals surface area contributed by atoms with Gasteiger partial charge in [0, 0.05) is 44.4 Å². The zero-order chi connectivity index (χ0) is 32.3. The standard InChI is InChI=1S/C45H28N4/c1-3-11-29(12-4-1)43-44(32-13-5-2-6-14-32)49-40-19-8-7-18-37(40)36-24-22-34(28-38(36)45(49)48-43)33-15-9-16-35(27-33)39-25-23-31-21-20-30-17-10-26-46-41(30)42(31)47-39/h1-28H. The Balaban J connectivity index is 1.20. The summed E-state index contributed by atoms with van der Waals surface area (Å²) in [5.41, 5.74) is 12.5. The van der Waals surface area contributed by atoms with Crippen molar-refractivity contribution in [2.75, 3.05) is 0 Å². The molecule has 0 fully saturated rings. The molecule has 4 nitrogen and oxygen atoms in total. The molecule has 0 N–H and O–H groups in total. The van der Waals surface area contributed by atoms with Gasteiger partial charge in [0.2, 0.25) is 0 Å². The Bertz CT molecular complexity index is 2870. The Labute approximate surface area is 282 Å². The maximum absolute atomic E-state index is 5.44. The second-order valence-electron chi connectivity index (χ2n) is 12.5. The van der Waals surface area contributed by atoms with E-state index in [1.54, 1.807) is 0 Å². The van der Waals surface area contributed by atoms with Gasteiger partial charge >= 0.3 is 0 Å². The van der Waals surface area contributed by atoms with Crippen LogP contribution in [0.2, 0.25) is 0 Å². The zero-order valence-corrected chi connectivity index (χ0v) is 26.5. The van der Waals surface area contributed by atoms with Gasteiger partial charge in [0.15, 0.2) is 0 Å². The number of imidazole rings is 1. The van der Waals surface area contributed by atoms with E-state index < -0.39 is 0 Å². The third-order valence-electron chi connectivity index (χ3n) is 9.59. The Morgan fingerprint density at radius 2 is 1.10 bits per heavy atom. The minimum absolute atomic E-state index is 0.920. The molecule has 10 aromatic rings. The number of fused-ring (bicyclic) bond motifs is 9. The topological polar surface area (TPSA) is 43.1 Å². The highest BCUT2D eigenvalue weighted by molar-refractivity contribution is 6.14. The monoisotopic (exact) mass is 624 g/mol. The molecule has 0 saturated heterocycles. The molecule has 0 amide bonds. The number of para-hydroxylation sites is 1. The van der Waals surface area contributed by atoms with Crippen LogP contribution in [-0.4, -0.2) is 19.4 Å². The summed E-state index contributed by atoms with van der Waals surface area (Å²) in [6, 6.07) is 57.8. The molecule has 0 atom stereocenters. The molecule has 0 aliphatic carbocycles. The van der Waals surface area contributed by atoms with E-state index in [4.69, 9.17) is 9.97 Å². The maximum Gasteiger partial charge on any atom is 0.146 e. The van der Waals surface area contributed by atoms with Crippen LogP contribution < -0.4 is 0 Å². The lowest BCUT2D eigenvalue weighted by atomic mass is 9.97. The number of rotatable bonds is 4. The number of aromatic nitrogens is 4. The van der Waals surface area contributed by atoms with Crippen molar-refractivity contribution in [1.29, 1.82) is 0 Å². The van der Waals surface area contributed by atoms with Crippen molar-refractivity contribution in [2.45, 2.75) is 0 Å². The molecular formula is C45H28N4. The maximum atomic E-state index is 5.44. The fourth-order valence-electron chi connectivity index (χ4n) is 7.28. The first kappa shape index (κ1) is 27.5. The second-order valence-corrected chi connectivity index (χ2v) is 12.5. The average Bonchev–Trinajstić information content (AvgIpc) is 3.60. The largest absolute Gasteiger partial charge is 0.291 e. The highest BCUT2D eigenvalue weighted by atomic mass is 15.0. The van der Waals surface area contributed by atoms with Crippen molar-refractivity contribution in [3.05, 3.63) is 170 Å². The number of nitrogens with zero attached hydrogens (tertiary/aromatic N) is 4. The van der Waals surface area contributed by atoms with Crippen molar-refractivity contribution >= 4 is 49.1 Å². The van der Waals surface area contributed by atoms with Gasteiger partial charge in [-0.2, -0.15) is 0 Å². The first-order valence-corrected chi connectivity index (χ1v) is 16.5. The molecule has 0 radical (unpaired) electrons. The summed E-state index contributed by atoms with van der Waals surface area (Å²) in [7, 11) is 0. The molecule has 6 aromatic carbocycles. The van der Waals surface area contributed by atoms with Crippen molar-refractivity contribution < 1.29 is 0 Å². The van der Waals surface area contributed by atoms with Gasteiger partial charge in [0.25, 0.3) is 0 Å². The van der Waals surface area contributed by atoms with E-state index in [1.807, 2.05) is 12.3 Å². The highest BCUT2D eigenvalue weighted by Crippen LogP contribution is 2.40. The molecule has 49 heavy (non-hydrogen) atoms.